The first-order valence-electron chi connectivity index (χ1n) is 14.2. The Morgan fingerprint density at radius 2 is 1.69 bits per heavy atom. The summed E-state index contributed by atoms with van der Waals surface area (Å²) in [4.78, 5) is 31.3. The van der Waals surface area contributed by atoms with Crippen molar-refractivity contribution in [1.29, 1.82) is 0 Å². The smallest absolute Gasteiger partial charge is 0.223 e. The molecular weight excluding hydrogens is 510 g/mol. The molecule has 5 rings (SSSR count). The van der Waals surface area contributed by atoms with Gasteiger partial charge in [-0.25, -0.2) is 8.42 Å². The van der Waals surface area contributed by atoms with Crippen LogP contribution in [0.1, 0.15) is 50.2 Å². The maximum absolute atomic E-state index is 13.6. The summed E-state index contributed by atoms with van der Waals surface area (Å²) < 4.78 is 23.6. The van der Waals surface area contributed by atoms with Gasteiger partial charge in [0.1, 0.15) is 0 Å². The van der Waals surface area contributed by atoms with Gasteiger partial charge in [0.15, 0.2) is 15.6 Å². The van der Waals surface area contributed by atoms with E-state index in [1.807, 2.05) is 24.8 Å². The number of hydrogen-bond acceptors (Lipinski definition) is 6. The molecule has 3 aliphatic rings. The molecule has 1 amide bonds. The second-order valence-electron chi connectivity index (χ2n) is 12.2. The second-order valence-corrected chi connectivity index (χ2v) is 14.2. The molecule has 0 aromatic heterocycles. The van der Waals surface area contributed by atoms with Gasteiger partial charge in [-0.2, -0.15) is 0 Å². The van der Waals surface area contributed by atoms with Crippen LogP contribution in [0.25, 0.3) is 0 Å². The van der Waals surface area contributed by atoms with Crippen LogP contribution in [0.3, 0.4) is 0 Å². The number of hydrogen-bond donors (Lipinski definition) is 1. The number of nitrogens with one attached hydrogen (secondary N) is 1. The van der Waals surface area contributed by atoms with E-state index in [0.29, 0.717) is 36.1 Å². The van der Waals surface area contributed by atoms with Crippen molar-refractivity contribution in [3.05, 3.63) is 65.7 Å². The first-order chi connectivity index (χ1) is 18.6. The Hall–Kier alpha value is -2.55. The van der Waals surface area contributed by atoms with E-state index in [1.165, 1.54) is 11.8 Å². The number of Topliss-reactive ketones (excluding diaryl/α,β-unsaturated/α-hetero) is 1. The molecule has 7 nitrogen and oxygen atoms in total. The first kappa shape index (κ1) is 28.0. The molecule has 0 aliphatic carbocycles. The second kappa shape index (κ2) is 11.1. The van der Waals surface area contributed by atoms with Crippen LogP contribution in [0.15, 0.2) is 59.5 Å². The molecule has 2 aromatic carbocycles. The molecule has 1 unspecified atom stereocenters. The zero-order chi connectivity index (χ0) is 27.8. The molecule has 2 aromatic rings. The van der Waals surface area contributed by atoms with Gasteiger partial charge in [-0.3, -0.25) is 14.5 Å². The lowest BCUT2D eigenvalue weighted by Gasteiger charge is -2.44. The van der Waals surface area contributed by atoms with Gasteiger partial charge in [0.2, 0.25) is 5.91 Å². The minimum absolute atomic E-state index is 0.0273. The summed E-state index contributed by atoms with van der Waals surface area (Å²) in [7, 11) is -3.24. The average molecular weight is 552 g/mol. The molecule has 1 N–H and O–H groups in total. The maximum Gasteiger partial charge on any atom is 0.223 e. The highest BCUT2D eigenvalue weighted by Gasteiger charge is 2.48. The predicted molar refractivity (Wildman–Crippen MR) is 152 cm³/mol. The Morgan fingerprint density at radius 3 is 2.31 bits per heavy atom. The van der Waals surface area contributed by atoms with Crippen molar-refractivity contribution in [2.45, 2.75) is 56.5 Å². The van der Waals surface area contributed by atoms with Crippen LogP contribution in [0.2, 0.25) is 0 Å². The van der Waals surface area contributed by atoms with Crippen LogP contribution in [0, 0.1) is 17.3 Å². The molecule has 8 heteroatoms. The van der Waals surface area contributed by atoms with Crippen molar-refractivity contribution in [2.24, 2.45) is 17.3 Å². The fourth-order valence-corrected chi connectivity index (χ4v) is 7.53. The van der Waals surface area contributed by atoms with Gasteiger partial charge in [-0.1, -0.05) is 56.3 Å². The van der Waals surface area contributed by atoms with Crippen LogP contribution in [0.5, 0.6) is 0 Å². The number of sulfone groups is 1. The van der Waals surface area contributed by atoms with Crippen LogP contribution in [0.4, 0.5) is 0 Å². The zero-order valence-electron chi connectivity index (χ0n) is 23.3. The highest BCUT2D eigenvalue weighted by atomic mass is 32.2. The summed E-state index contributed by atoms with van der Waals surface area (Å²) in [6.45, 7) is 8.62. The first-order valence-corrected chi connectivity index (χ1v) is 16.1. The fraction of sp³-hybridized carbons (Fsp3) is 0.548. The number of benzene rings is 2. The van der Waals surface area contributed by atoms with Crippen LogP contribution in [-0.2, 0) is 26.0 Å². The third-order valence-corrected chi connectivity index (χ3v) is 10.3. The van der Waals surface area contributed by atoms with E-state index < -0.39 is 9.84 Å². The third-order valence-electron chi connectivity index (χ3n) is 9.14. The fourth-order valence-electron chi connectivity index (χ4n) is 6.90. The van der Waals surface area contributed by atoms with Crippen molar-refractivity contribution < 1.29 is 18.0 Å². The van der Waals surface area contributed by atoms with Crippen molar-refractivity contribution in [3.63, 3.8) is 0 Å². The average Bonchev–Trinajstić information content (AvgIpc) is 3.50. The van der Waals surface area contributed by atoms with Crippen molar-refractivity contribution in [3.8, 4) is 0 Å². The standard InChI is InChI=1S/C31H41N3O4S/c1-22(2)30(36)29(27-19-32-18-26(27)24-7-5-4-6-8-24)33-15-13-31(14-16-33)17-28(35)34(21-31)20-23-9-11-25(12-10-23)39(3,37)38/h4-12,22,26-27,29,32H,13-21H2,1-3H3/t26-,27-,29?/m1/s1. The molecule has 3 fully saturated rings. The van der Waals surface area contributed by atoms with E-state index >= 15 is 0 Å². The molecule has 210 valence electrons. The molecule has 3 atom stereocenters. The Labute approximate surface area is 232 Å². The summed E-state index contributed by atoms with van der Waals surface area (Å²) in [6.07, 6.45) is 3.55. The summed E-state index contributed by atoms with van der Waals surface area (Å²) >= 11 is 0. The molecule has 3 saturated heterocycles. The van der Waals surface area contributed by atoms with E-state index in [2.05, 4.69) is 34.5 Å². The number of likely N-dealkylation sites (tertiary alicyclic amines) is 2. The number of carbonyl (C=O) groups excluding carboxylic acids is 2. The van der Waals surface area contributed by atoms with Crippen molar-refractivity contribution in [2.75, 3.05) is 39.0 Å². The molecule has 3 aliphatic heterocycles. The van der Waals surface area contributed by atoms with Crippen LogP contribution in [-0.4, -0.2) is 74.9 Å². The number of rotatable bonds is 8. The molecule has 39 heavy (non-hydrogen) atoms. The molecule has 1 spiro atoms. The molecule has 3 heterocycles. The summed E-state index contributed by atoms with van der Waals surface area (Å²) in [5, 5.41) is 3.57. The number of amides is 1. The van der Waals surface area contributed by atoms with E-state index in [1.54, 1.807) is 24.3 Å². The van der Waals surface area contributed by atoms with Gasteiger partial charge in [-0.05, 0) is 54.6 Å². The van der Waals surface area contributed by atoms with E-state index in [9.17, 15) is 18.0 Å². The summed E-state index contributed by atoms with van der Waals surface area (Å²) in [6, 6.07) is 17.3. The highest BCUT2D eigenvalue weighted by molar-refractivity contribution is 7.90. The van der Waals surface area contributed by atoms with Gasteiger partial charge in [0, 0.05) is 56.6 Å². The van der Waals surface area contributed by atoms with Gasteiger partial charge in [0.25, 0.3) is 0 Å². The van der Waals surface area contributed by atoms with Gasteiger partial charge < -0.3 is 10.2 Å². The molecular formula is C31H41N3O4S. The van der Waals surface area contributed by atoms with Crippen molar-refractivity contribution >= 4 is 21.5 Å². The Kier molecular flexibility index (Phi) is 8.00. The van der Waals surface area contributed by atoms with Crippen LogP contribution < -0.4 is 5.32 Å². The normalized spacial score (nSPS) is 24.5. The zero-order valence-corrected chi connectivity index (χ0v) is 24.1. The molecule has 0 radical (unpaired) electrons. The third kappa shape index (κ3) is 5.98. The summed E-state index contributed by atoms with van der Waals surface area (Å²) in [5.74, 6) is 0.998. The maximum atomic E-state index is 13.6. The number of carbonyl (C=O) groups is 2. The Balaban J connectivity index is 1.27. The lowest BCUT2D eigenvalue weighted by Crippen LogP contribution is -2.54. The van der Waals surface area contributed by atoms with Crippen LogP contribution >= 0.6 is 0 Å². The van der Waals surface area contributed by atoms with Gasteiger partial charge in [-0.15, -0.1) is 0 Å². The van der Waals surface area contributed by atoms with Crippen molar-refractivity contribution in [1.82, 2.24) is 15.1 Å². The topological polar surface area (TPSA) is 86.8 Å². The Bertz CT molecular complexity index is 1280. The number of nitrogens with zero attached hydrogens (tertiary/aromatic N) is 2. The monoisotopic (exact) mass is 551 g/mol. The Morgan fingerprint density at radius 1 is 1.03 bits per heavy atom. The molecule has 0 bridgehead atoms. The SMILES string of the molecule is CC(C)C(=O)C([C@@H]1CNC[C@@H]1c1ccccc1)N1CCC2(CC1)CC(=O)N(Cc1ccc(S(C)(=O)=O)cc1)C2. The molecule has 0 saturated carbocycles. The number of piperidine rings is 1. The minimum atomic E-state index is -3.24. The van der Waals surface area contributed by atoms with Gasteiger partial charge >= 0.3 is 0 Å². The quantitative estimate of drug-likeness (QED) is 0.541. The minimum Gasteiger partial charge on any atom is -0.338 e. The lowest BCUT2D eigenvalue weighted by atomic mass is 9.74. The predicted octanol–water partition coefficient (Wildman–Crippen LogP) is 3.50. The van der Waals surface area contributed by atoms with Gasteiger partial charge in [0.05, 0.1) is 10.9 Å². The van der Waals surface area contributed by atoms with E-state index in [4.69, 9.17) is 0 Å². The highest BCUT2D eigenvalue weighted by Crippen LogP contribution is 2.43. The van der Waals surface area contributed by atoms with E-state index in [0.717, 1.165) is 44.6 Å². The summed E-state index contributed by atoms with van der Waals surface area (Å²) in [5.41, 5.74) is 2.18. The van der Waals surface area contributed by atoms with E-state index in [-0.39, 0.29) is 29.2 Å². The number of ketones is 1. The lowest BCUT2D eigenvalue weighted by molar-refractivity contribution is -0.131. The largest absolute Gasteiger partial charge is 0.338 e.